The summed E-state index contributed by atoms with van der Waals surface area (Å²) in [5.41, 5.74) is 1.22. The van der Waals surface area contributed by atoms with Crippen molar-refractivity contribution in [2.75, 3.05) is 32.7 Å². The van der Waals surface area contributed by atoms with Gasteiger partial charge in [-0.05, 0) is 44.8 Å². The first-order valence-corrected chi connectivity index (χ1v) is 8.32. The lowest BCUT2D eigenvalue weighted by atomic mass is 9.93. The molecule has 0 radical (unpaired) electrons. The molecular weight excluding hydrogens is 264 g/mol. The number of amides is 1. The van der Waals surface area contributed by atoms with E-state index in [1.807, 2.05) is 6.20 Å². The van der Waals surface area contributed by atoms with E-state index >= 15 is 0 Å². The molecule has 2 saturated heterocycles. The van der Waals surface area contributed by atoms with Gasteiger partial charge in [0.1, 0.15) is 0 Å². The molecule has 1 N–H and O–H groups in total. The van der Waals surface area contributed by atoms with Crippen LogP contribution < -0.4 is 0 Å². The van der Waals surface area contributed by atoms with Gasteiger partial charge in [-0.15, -0.1) is 0 Å². The van der Waals surface area contributed by atoms with Crippen LogP contribution in [0.1, 0.15) is 50.1 Å². The molecular formula is C16H26N4O. The average Bonchev–Trinajstić information content (AvgIpc) is 2.93. The molecule has 0 aliphatic carbocycles. The van der Waals surface area contributed by atoms with Gasteiger partial charge < -0.3 is 4.90 Å². The van der Waals surface area contributed by atoms with Gasteiger partial charge in [0.25, 0.3) is 0 Å². The number of likely N-dealkylation sites (tertiary alicyclic amines) is 2. The van der Waals surface area contributed by atoms with E-state index in [1.54, 1.807) is 0 Å². The molecule has 5 nitrogen and oxygen atoms in total. The number of carbonyl (C=O) groups is 1. The molecule has 0 aromatic carbocycles. The fraction of sp³-hybridized carbons (Fsp3) is 0.750. The highest BCUT2D eigenvalue weighted by Crippen LogP contribution is 2.26. The van der Waals surface area contributed by atoms with Crippen molar-refractivity contribution in [3.63, 3.8) is 0 Å². The lowest BCUT2D eigenvalue weighted by Crippen LogP contribution is -2.44. The number of hydrogen-bond acceptors (Lipinski definition) is 3. The second kappa shape index (κ2) is 7.07. The van der Waals surface area contributed by atoms with Crippen LogP contribution in [0.15, 0.2) is 12.3 Å². The predicted molar refractivity (Wildman–Crippen MR) is 82.1 cm³/mol. The van der Waals surface area contributed by atoms with Gasteiger partial charge in [-0.3, -0.25) is 14.8 Å². The molecule has 0 spiro atoms. The van der Waals surface area contributed by atoms with Crippen LogP contribution in [0, 0.1) is 0 Å². The maximum atomic E-state index is 12.4. The fourth-order valence-electron chi connectivity index (χ4n) is 3.52. The molecule has 21 heavy (non-hydrogen) atoms. The maximum Gasteiger partial charge on any atom is 0.236 e. The summed E-state index contributed by atoms with van der Waals surface area (Å²) in [6.07, 6.45) is 9.04. The maximum absolute atomic E-state index is 12.4. The first-order valence-electron chi connectivity index (χ1n) is 8.32. The van der Waals surface area contributed by atoms with Crippen molar-refractivity contribution in [2.24, 2.45) is 0 Å². The Morgan fingerprint density at radius 2 is 1.86 bits per heavy atom. The molecule has 2 aliphatic heterocycles. The van der Waals surface area contributed by atoms with Crippen molar-refractivity contribution in [3.05, 3.63) is 18.0 Å². The Bertz CT molecular complexity index is 429. The predicted octanol–water partition coefficient (Wildman–Crippen LogP) is 1.99. The quantitative estimate of drug-likeness (QED) is 0.926. The standard InChI is InChI=1S/C16H26N4O/c21-16(13-19-9-3-1-2-4-10-19)20-11-6-14(7-12-20)15-5-8-17-18-15/h5,8,14H,1-4,6-7,9-13H2,(H,17,18). The first kappa shape index (κ1) is 14.6. The summed E-state index contributed by atoms with van der Waals surface area (Å²) >= 11 is 0. The molecule has 1 amide bonds. The van der Waals surface area contributed by atoms with Crippen LogP contribution in [0.3, 0.4) is 0 Å². The van der Waals surface area contributed by atoms with Crippen molar-refractivity contribution < 1.29 is 4.79 Å². The molecule has 116 valence electrons. The third-order valence-corrected chi connectivity index (χ3v) is 4.87. The zero-order valence-corrected chi connectivity index (χ0v) is 12.8. The summed E-state index contributed by atoms with van der Waals surface area (Å²) in [4.78, 5) is 16.8. The molecule has 5 heteroatoms. The van der Waals surface area contributed by atoms with Crippen LogP contribution in [0.5, 0.6) is 0 Å². The van der Waals surface area contributed by atoms with Crippen molar-refractivity contribution in [1.29, 1.82) is 0 Å². The number of nitrogens with one attached hydrogen (secondary N) is 1. The molecule has 1 aromatic rings. The molecule has 2 fully saturated rings. The molecule has 0 saturated carbocycles. The topological polar surface area (TPSA) is 52.2 Å². The van der Waals surface area contributed by atoms with Gasteiger partial charge in [-0.1, -0.05) is 12.8 Å². The molecule has 3 heterocycles. The summed E-state index contributed by atoms with van der Waals surface area (Å²) in [7, 11) is 0. The molecule has 3 rings (SSSR count). The minimum absolute atomic E-state index is 0.319. The van der Waals surface area contributed by atoms with Crippen molar-refractivity contribution >= 4 is 5.91 Å². The summed E-state index contributed by atoms with van der Waals surface area (Å²) in [5, 5.41) is 7.09. The summed E-state index contributed by atoms with van der Waals surface area (Å²) < 4.78 is 0. The monoisotopic (exact) mass is 290 g/mol. The Kier molecular flexibility index (Phi) is 4.91. The highest BCUT2D eigenvalue weighted by molar-refractivity contribution is 5.78. The Morgan fingerprint density at radius 3 is 2.48 bits per heavy atom. The summed E-state index contributed by atoms with van der Waals surface area (Å²) in [6.45, 7) is 4.58. The van der Waals surface area contributed by atoms with Crippen LogP contribution in [0.2, 0.25) is 0 Å². The second-order valence-electron chi connectivity index (χ2n) is 6.36. The molecule has 0 unspecified atom stereocenters. The molecule has 1 aromatic heterocycles. The van der Waals surface area contributed by atoms with Gasteiger partial charge in [0, 0.05) is 30.9 Å². The highest BCUT2D eigenvalue weighted by Gasteiger charge is 2.25. The Hall–Kier alpha value is -1.36. The first-order chi connectivity index (χ1) is 10.3. The Labute approximate surface area is 126 Å². The van der Waals surface area contributed by atoms with E-state index in [9.17, 15) is 4.79 Å². The third-order valence-electron chi connectivity index (χ3n) is 4.87. The van der Waals surface area contributed by atoms with E-state index in [0.717, 1.165) is 39.0 Å². The van der Waals surface area contributed by atoms with Crippen LogP contribution in [0.4, 0.5) is 0 Å². The van der Waals surface area contributed by atoms with E-state index in [0.29, 0.717) is 18.4 Å². The second-order valence-corrected chi connectivity index (χ2v) is 6.36. The number of aromatic amines is 1. The van der Waals surface area contributed by atoms with Gasteiger partial charge in [-0.2, -0.15) is 5.10 Å². The number of aromatic nitrogens is 2. The number of rotatable bonds is 3. The zero-order chi connectivity index (χ0) is 14.5. The molecule has 0 bridgehead atoms. The number of nitrogens with zero attached hydrogens (tertiary/aromatic N) is 3. The van der Waals surface area contributed by atoms with E-state index in [1.165, 1.54) is 31.4 Å². The van der Waals surface area contributed by atoms with Crippen molar-refractivity contribution in [3.8, 4) is 0 Å². The number of piperidine rings is 1. The van der Waals surface area contributed by atoms with Gasteiger partial charge >= 0.3 is 0 Å². The average molecular weight is 290 g/mol. The zero-order valence-electron chi connectivity index (χ0n) is 12.8. The SMILES string of the molecule is O=C(CN1CCCCCC1)N1CCC(c2ccn[nH]2)CC1. The van der Waals surface area contributed by atoms with E-state index in [2.05, 4.69) is 26.1 Å². The lowest BCUT2D eigenvalue weighted by Gasteiger charge is -2.33. The van der Waals surface area contributed by atoms with Gasteiger partial charge in [0.15, 0.2) is 0 Å². The van der Waals surface area contributed by atoms with Crippen LogP contribution in [-0.4, -0.2) is 58.6 Å². The van der Waals surface area contributed by atoms with Crippen molar-refractivity contribution in [2.45, 2.75) is 44.4 Å². The Balaban J connectivity index is 1.46. The van der Waals surface area contributed by atoms with Gasteiger partial charge in [0.05, 0.1) is 6.54 Å². The van der Waals surface area contributed by atoms with Gasteiger partial charge in [-0.25, -0.2) is 0 Å². The van der Waals surface area contributed by atoms with Gasteiger partial charge in [0.2, 0.25) is 5.91 Å². The number of carbonyl (C=O) groups excluding carboxylic acids is 1. The van der Waals surface area contributed by atoms with E-state index in [4.69, 9.17) is 0 Å². The normalized spacial score (nSPS) is 22.2. The highest BCUT2D eigenvalue weighted by atomic mass is 16.2. The van der Waals surface area contributed by atoms with Crippen LogP contribution >= 0.6 is 0 Å². The largest absolute Gasteiger partial charge is 0.342 e. The summed E-state index contributed by atoms with van der Waals surface area (Å²) in [6, 6.07) is 2.05. The number of hydrogen-bond donors (Lipinski definition) is 1. The fourth-order valence-corrected chi connectivity index (χ4v) is 3.52. The van der Waals surface area contributed by atoms with Crippen LogP contribution in [0.25, 0.3) is 0 Å². The van der Waals surface area contributed by atoms with Crippen molar-refractivity contribution in [1.82, 2.24) is 20.0 Å². The molecule has 0 atom stereocenters. The smallest absolute Gasteiger partial charge is 0.236 e. The van der Waals surface area contributed by atoms with Crippen LogP contribution in [-0.2, 0) is 4.79 Å². The Morgan fingerprint density at radius 1 is 1.14 bits per heavy atom. The van der Waals surface area contributed by atoms with E-state index in [-0.39, 0.29) is 0 Å². The van der Waals surface area contributed by atoms with E-state index < -0.39 is 0 Å². The summed E-state index contributed by atoms with van der Waals surface area (Å²) in [5.74, 6) is 0.856. The minimum atomic E-state index is 0.319. The number of H-pyrrole nitrogens is 1. The minimum Gasteiger partial charge on any atom is -0.342 e. The third kappa shape index (κ3) is 3.84. The lowest BCUT2D eigenvalue weighted by molar-refractivity contribution is -0.133. The molecule has 2 aliphatic rings.